The molecule has 2 unspecified atom stereocenters. The number of nitrogens with zero attached hydrogens (tertiary/aromatic N) is 1. The van der Waals surface area contributed by atoms with E-state index < -0.39 is 0 Å². The lowest BCUT2D eigenvalue weighted by Gasteiger charge is -2.35. The molecule has 5 heteroatoms. The van der Waals surface area contributed by atoms with Gasteiger partial charge in [0.25, 0.3) is 0 Å². The second-order valence-corrected chi connectivity index (χ2v) is 5.65. The SMILES string of the molecule is COc1ccc(C2NC(C)C(=O)N2C2CCOCC2)cc1. The summed E-state index contributed by atoms with van der Waals surface area (Å²) in [7, 11) is 1.66. The molecule has 0 aliphatic carbocycles. The maximum Gasteiger partial charge on any atom is 0.241 e. The third-order valence-electron chi connectivity index (χ3n) is 4.33. The fraction of sp³-hybridized carbons (Fsp3) is 0.562. The minimum Gasteiger partial charge on any atom is -0.497 e. The van der Waals surface area contributed by atoms with Crippen molar-refractivity contribution in [3.05, 3.63) is 29.8 Å². The van der Waals surface area contributed by atoms with Gasteiger partial charge >= 0.3 is 0 Å². The van der Waals surface area contributed by atoms with Gasteiger partial charge in [0.15, 0.2) is 0 Å². The largest absolute Gasteiger partial charge is 0.497 e. The minimum absolute atomic E-state index is 0.0542. The average molecular weight is 290 g/mol. The Bertz CT molecular complexity index is 497. The second kappa shape index (κ2) is 6.03. The zero-order valence-corrected chi connectivity index (χ0v) is 12.5. The number of ether oxygens (including phenoxy) is 2. The summed E-state index contributed by atoms with van der Waals surface area (Å²) in [6, 6.07) is 8.04. The molecule has 1 aromatic rings. The zero-order chi connectivity index (χ0) is 14.8. The van der Waals surface area contributed by atoms with Gasteiger partial charge in [-0.15, -0.1) is 0 Å². The Kier molecular flexibility index (Phi) is 4.12. The summed E-state index contributed by atoms with van der Waals surface area (Å²) < 4.78 is 10.6. The molecule has 2 saturated heterocycles. The van der Waals surface area contributed by atoms with Gasteiger partial charge in [0.05, 0.1) is 13.2 Å². The standard InChI is InChI=1S/C16H22N2O3/c1-11-16(19)18(13-7-9-21-10-8-13)15(17-11)12-3-5-14(20-2)6-4-12/h3-6,11,13,15,17H,7-10H2,1-2H3. The topological polar surface area (TPSA) is 50.8 Å². The first-order valence-electron chi connectivity index (χ1n) is 7.50. The summed E-state index contributed by atoms with van der Waals surface area (Å²) in [6.45, 7) is 3.40. The van der Waals surface area contributed by atoms with Gasteiger partial charge in [0.1, 0.15) is 11.9 Å². The quantitative estimate of drug-likeness (QED) is 0.920. The van der Waals surface area contributed by atoms with Crippen LogP contribution in [-0.4, -0.2) is 43.2 Å². The smallest absolute Gasteiger partial charge is 0.241 e. The van der Waals surface area contributed by atoms with E-state index in [0.717, 1.165) is 37.4 Å². The highest BCUT2D eigenvalue weighted by atomic mass is 16.5. The summed E-state index contributed by atoms with van der Waals surface area (Å²) in [4.78, 5) is 14.5. The van der Waals surface area contributed by atoms with Crippen molar-refractivity contribution < 1.29 is 14.3 Å². The first-order chi connectivity index (χ1) is 10.2. The minimum atomic E-state index is -0.139. The van der Waals surface area contributed by atoms with E-state index in [4.69, 9.17) is 9.47 Å². The van der Waals surface area contributed by atoms with Crippen molar-refractivity contribution in [3.8, 4) is 5.75 Å². The highest BCUT2D eigenvalue weighted by Crippen LogP contribution is 2.31. The molecule has 0 saturated carbocycles. The molecule has 0 spiro atoms. The Morgan fingerprint density at radius 2 is 1.90 bits per heavy atom. The summed E-state index contributed by atoms with van der Waals surface area (Å²) in [5.41, 5.74) is 1.10. The summed E-state index contributed by atoms with van der Waals surface area (Å²) in [5, 5.41) is 3.40. The molecular weight excluding hydrogens is 268 g/mol. The molecule has 114 valence electrons. The lowest BCUT2D eigenvalue weighted by atomic mass is 10.0. The van der Waals surface area contributed by atoms with Crippen LogP contribution in [0.4, 0.5) is 0 Å². The van der Waals surface area contributed by atoms with E-state index in [1.54, 1.807) is 7.11 Å². The number of carbonyl (C=O) groups excluding carboxylic acids is 1. The molecule has 3 rings (SSSR count). The molecule has 0 aromatic heterocycles. The number of nitrogens with one attached hydrogen (secondary N) is 1. The van der Waals surface area contributed by atoms with E-state index in [1.807, 2.05) is 36.1 Å². The first-order valence-corrected chi connectivity index (χ1v) is 7.50. The van der Waals surface area contributed by atoms with Gasteiger partial charge in [-0.3, -0.25) is 10.1 Å². The number of hydrogen-bond acceptors (Lipinski definition) is 4. The Morgan fingerprint density at radius 3 is 2.52 bits per heavy atom. The molecule has 1 N–H and O–H groups in total. The molecule has 0 bridgehead atoms. The van der Waals surface area contributed by atoms with E-state index in [-0.39, 0.29) is 24.2 Å². The molecule has 2 fully saturated rings. The number of methoxy groups -OCH3 is 1. The maximum absolute atomic E-state index is 12.5. The zero-order valence-electron chi connectivity index (χ0n) is 12.5. The van der Waals surface area contributed by atoms with Gasteiger partial charge in [0, 0.05) is 19.3 Å². The highest BCUT2D eigenvalue weighted by Gasteiger charge is 2.41. The van der Waals surface area contributed by atoms with Gasteiger partial charge < -0.3 is 14.4 Å². The van der Waals surface area contributed by atoms with Gasteiger partial charge in [0.2, 0.25) is 5.91 Å². The Balaban J connectivity index is 1.85. The number of benzene rings is 1. The van der Waals surface area contributed by atoms with E-state index in [1.165, 1.54) is 0 Å². The predicted molar refractivity (Wildman–Crippen MR) is 79.0 cm³/mol. The van der Waals surface area contributed by atoms with Crippen LogP contribution in [0.25, 0.3) is 0 Å². The van der Waals surface area contributed by atoms with Crippen LogP contribution in [0, 0.1) is 0 Å². The molecule has 1 amide bonds. The van der Waals surface area contributed by atoms with Gasteiger partial charge in [-0.1, -0.05) is 12.1 Å². The van der Waals surface area contributed by atoms with Crippen LogP contribution < -0.4 is 10.1 Å². The molecule has 2 aliphatic heterocycles. The van der Waals surface area contributed by atoms with E-state index in [2.05, 4.69) is 5.32 Å². The molecule has 21 heavy (non-hydrogen) atoms. The Labute approximate surface area is 125 Å². The summed E-state index contributed by atoms with van der Waals surface area (Å²) in [6.07, 6.45) is 1.76. The van der Waals surface area contributed by atoms with Gasteiger partial charge in [-0.2, -0.15) is 0 Å². The number of rotatable bonds is 3. The molecule has 5 nitrogen and oxygen atoms in total. The molecular formula is C16H22N2O3. The van der Waals surface area contributed by atoms with Crippen molar-refractivity contribution in [3.63, 3.8) is 0 Å². The monoisotopic (exact) mass is 290 g/mol. The first kappa shape index (κ1) is 14.4. The number of hydrogen-bond donors (Lipinski definition) is 1. The summed E-state index contributed by atoms with van der Waals surface area (Å²) >= 11 is 0. The van der Waals surface area contributed by atoms with Crippen molar-refractivity contribution in [1.29, 1.82) is 0 Å². The maximum atomic E-state index is 12.5. The van der Waals surface area contributed by atoms with Crippen LogP contribution in [0.2, 0.25) is 0 Å². The van der Waals surface area contributed by atoms with Gasteiger partial charge in [-0.05, 0) is 37.5 Å². The van der Waals surface area contributed by atoms with Crippen molar-refractivity contribution in [1.82, 2.24) is 10.2 Å². The second-order valence-electron chi connectivity index (χ2n) is 5.65. The van der Waals surface area contributed by atoms with Crippen LogP contribution in [0.15, 0.2) is 24.3 Å². The third-order valence-corrected chi connectivity index (χ3v) is 4.33. The fourth-order valence-corrected chi connectivity index (χ4v) is 3.14. The van der Waals surface area contributed by atoms with Gasteiger partial charge in [-0.25, -0.2) is 0 Å². The molecule has 0 radical (unpaired) electrons. The van der Waals surface area contributed by atoms with Crippen LogP contribution >= 0.6 is 0 Å². The Morgan fingerprint density at radius 1 is 1.24 bits per heavy atom. The predicted octanol–water partition coefficient (Wildman–Crippen LogP) is 1.69. The van der Waals surface area contributed by atoms with Crippen LogP contribution in [0.5, 0.6) is 5.75 Å². The fourth-order valence-electron chi connectivity index (χ4n) is 3.14. The normalized spacial score (nSPS) is 27.1. The average Bonchev–Trinajstić information content (AvgIpc) is 2.84. The van der Waals surface area contributed by atoms with E-state index in [0.29, 0.717) is 0 Å². The van der Waals surface area contributed by atoms with Crippen molar-refractivity contribution in [2.24, 2.45) is 0 Å². The van der Waals surface area contributed by atoms with Crippen LogP contribution in [0.3, 0.4) is 0 Å². The number of amides is 1. The van der Waals surface area contributed by atoms with E-state index in [9.17, 15) is 4.79 Å². The Hall–Kier alpha value is -1.59. The van der Waals surface area contributed by atoms with E-state index >= 15 is 0 Å². The van der Waals surface area contributed by atoms with Crippen LogP contribution in [-0.2, 0) is 9.53 Å². The molecule has 2 atom stereocenters. The highest BCUT2D eigenvalue weighted by molar-refractivity contribution is 5.84. The molecule has 2 aliphatic rings. The van der Waals surface area contributed by atoms with Crippen molar-refractivity contribution >= 4 is 5.91 Å². The number of carbonyl (C=O) groups is 1. The summed E-state index contributed by atoms with van der Waals surface area (Å²) in [5.74, 6) is 1.01. The lowest BCUT2D eigenvalue weighted by molar-refractivity contribution is -0.134. The van der Waals surface area contributed by atoms with Crippen molar-refractivity contribution in [2.45, 2.75) is 38.0 Å². The lowest BCUT2D eigenvalue weighted by Crippen LogP contribution is -2.43. The van der Waals surface area contributed by atoms with Crippen LogP contribution in [0.1, 0.15) is 31.5 Å². The molecule has 2 heterocycles. The third kappa shape index (κ3) is 2.76. The molecule has 1 aromatic carbocycles. The van der Waals surface area contributed by atoms with Crippen molar-refractivity contribution in [2.75, 3.05) is 20.3 Å².